The van der Waals surface area contributed by atoms with E-state index in [4.69, 9.17) is 14.9 Å². The van der Waals surface area contributed by atoms with Crippen LogP contribution in [0.15, 0.2) is 41.0 Å². The van der Waals surface area contributed by atoms with Gasteiger partial charge in [-0.25, -0.2) is 4.39 Å². The minimum absolute atomic E-state index is 0.186. The molecule has 4 N–H and O–H groups in total. The molecule has 12 nitrogen and oxygen atoms in total. The first kappa shape index (κ1) is 25.3. The maximum absolute atomic E-state index is 14.9. The Kier molecular flexibility index (Phi) is 7.41. The van der Waals surface area contributed by atoms with Gasteiger partial charge in [-0.1, -0.05) is 0 Å². The summed E-state index contributed by atoms with van der Waals surface area (Å²) in [5.74, 6) is 2.75. The number of rotatable bonds is 9. The van der Waals surface area contributed by atoms with Crippen LogP contribution in [0.3, 0.4) is 0 Å². The van der Waals surface area contributed by atoms with Crippen molar-refractivity contribution in [2.24, 2.45) is 5.92 Å². The molecule has 2 fully saturated rings. The molecule has 0 spiro atoms. The van der Waals surface area contributed by atoms with E-state index in [1.807, 2.05) is 12.1 Å². The van der Waals surface area contributed by atoms with Crippen LogP contribution < -0.4 is 26.0 Å². The van der Waals surface area contributed by atoms with Crippen molar-refractivity contribution in [3.05, 3.63) is 42.4 Å². The van der Waals surface area contributed by atoms with Crippen molar-refractivity contribution in [2.45, 2.75) is 12.8 Å². The Morgan fingerprint density at radius 1 is 1.10 bits per heavy atom. The summed E-state index contributed by atoms with van der Waals surface area (Å²) in [7, 11) is 0. The number of hydrogen-bond donors (Lipinski definition) is 3. The SMILES string of the molecule is Nc1nc(NCCN2CCN(c3ccc(OCC4CCNCC4)cc3F)CC2)nc2nc(-c3ccco3)nn12. The molecule has 0 amide bonds. The largest absolute Gasteiger partial charge is 0.493 e. The first-order chi connectivity index (χ1) is 19.1. The predicted octanol–water partition coefficient (Wildman–Crippen LogP) is 2.11. The zero-order valence-corrected chi connectivity index (χ0v) is 21.7. The summed E-state index contributed by atoms with van der Waals surface area (Å²) in [4.78, 5) is 17.5. The zero-order chi connectivity index (χ0) is 26.6. The molecule has 1 aromatic carbocycles. The third-order valence-corrected chi connectivity index (χ3v) is 7.26. The maximum Gasteiger partial charge on any atom is 0.259 e. The molecule has 6 rings (SSSR count). The quantitative estimate of drug-likeness (QED) is 0.290. The van der Waals surface area contributed by atoms with Gasteiger partial charge in [-0.2, -0.15) is 19.5 Å². The van der Waals surface area contributed by atoms with Gasteiger partial charge in [-0.05, 0) is 56.1 Å². The Labute approximate surface area is 225 Å². The van der Waals surface area contributed by atoms with Crippen LogP contribution in [0.5, 0.6) is 5.75 Å². The van der Waals surface area contributed by atoms with Gasteiger partial charge in [-0.3, -0.25) is 4.90 Å². The van der Waals surface area contributed by atoms with Crippen molar-refractivity contribution >= 4 is 23.4 Å². The van der Waals surface area contributed by atoms with Crippen LogP contribution in [-0.2, 0) is 0 Å². The van der Waals surface area contributed by atoms with Crippen LogP contribution >= 0.6 is 0 Å². The van der Waals surface area contributed by atoms with E-state index in [0.717, 1.165) is 58.7 Å². The number of aromatic nitrogens is 5. The number of nitrogen functional groups attached to an aromatic ring is 1. The number of benzene rings is 1. The second-order valence-electron chi connectivity index (χ2n) is 9.90. The lowest BCUT2D eigenvalue weighted by molar-refractivity contribution is 0.214. The van der Waals surface area contributed by atoms with E-state index >= 15 is 0 Å². The summed E-state index contributed by atoms with van der Waals surface area (Å²) in [6.45, 7) is 7.26. The smallest absolute Gasteiger partial charge is 0.259 e. The molecule has 2 aliphatic heterocycles. The molecular formula is C26H33FN10O2. The molecule has 0 radical (unpaired) electrons. The van der Waals surface area contributed by atoms with Gasteiger partial charge < -0.3 is 30.4 Å². The van der Waals surface area contributed by atoms with Crippen LogP contribution in [0.25, 0.3) is 17.4 Å². The molecule has 0 unspecified atom stereocenters. The molecular weight excluding hydrogens is 503 g/mol. The fourth-order valence-electron chi connectivity index (χ4n) is 5.03. The maximum atomic E-state index is 14.9. The van der Waals surface area contributed by atoms with Crippen LogP contribution in [0.4, 0.5) is 22.0 Å². The van der Waals surface area contributed by atoms with Gasteiger partial charge in [0.25, 0.3) is 5.78 Å². The molecule has 4 aromatic rings. The second kappa shape index (κ2) is 11.4. The number of piperazine rings is 1. The Bertz CT molecular complexity index is 1380. The van der Waals surface area contributed by atoms with Crippen molar-refractivity contribution in [2.75, 3.05) is 74.9 Å². The van der Waals surface area contributed by atoms with E-state index in [1.54, 1.807) is 18.4 Å². The first-order valence-corrected chi connectivity index (χ1v) is 13.4. The number of nitrogens with zero attached hydrogens (tertiary/aromatic N) is 7. The average molecular weight is 537 g/mol. The average Bonchev–Trinajstić information content (AvgIpc) is 3.64. The van der Waals surface area contributed by atoms with Crippen molar-refractivity contribution in [3.8, 4) is 17.3 Å². The minimum atomic E-state index is -0.234. The lowest BCUT2D eigenvalue weighted by atomic mass is 9.99. The Morgan fingerprint density at radius 2 is 1.95 bits per heavy atom. The van der Waals surface area contributed by atoms with Crippen molar-refractivity contribution < 1.29 is 13.5 Å². The summed E-state index contributed by atoms with van der Waals surface area (Å²) in [5, 5.41) is 10.9. The van der Waals surface area contributed by atoms with Crippen LogP contribution in [-0.4, -0.2) is 88.4 Å². The van der Waals surface area contributed by atoms with Gasteiger partial charge in [0.2, 0.25) is 17.7 Å². The van der Waals surface area contributed by atoms with E-state index in [0.29, 0.717) is 53.8 Å². The highest BCUT2D eigenvalue weighted by Crippen LogP contribution is 2.26. The van der Waals surface area contributed by atoms with E-state index in [2.05, 4.69) is 40.5 Å². The molecule has 0 bridgehead atoms. The normalized spacial score (nSPS) is 17.1. The summed E-state index contributed by atoms with van der Waals surface area (Å²) in [6, 6.07) is 8.77. The highest BCUT2D eigenvalue weighted by molar-refractivity contribution is 5.53. The van der Waals surface area contributed by atoms with Crippen molar-refractivity contribution in [1.82, 2.24) is 34.8 Å². The highest BCUT2D eigenvalue weighted by atomic mass is 19.1. The number of nitrogens with one attached hydrogen (secondary N) is 2. The number of nitrogens with two attached hydrogens (primary N) is 1. The van der Waals surface area contributed by atoms with E-state index in [1.165, 1.54) is 10.6 Å². The van der Waals surface area contributed by atoms with Crippen LogP contribution in [0, 0.1) is 11.7 Å². The fraction of sp³-hybridized carbons (Fsp3) is 0.462. The van der Waals surface area contributed by atoms with Gasteiger partial charge in [-0.15, -0.1) is 5.10 Å². The number of halogens is 1. The molecule has 0 atom stereocenters. The second-order valence-corrected chi connectivity index (χ2v) is 9.90. The molecule has 206 valence electrons. The number of piperidine rings is 1. The summed E-state index contributed by atoms with van der Waals surface area (Å²) >= 11 is 0. The standard InChI is InChI=1S/C26H33FN10O2/c27-20-16-19(39-17-18-5-7-29-8-6-18)3-4-21(20)36-13-11-35(12-14-36)10-9-30-25-32-24(28)37-26(33-25)31-23(34-37)22-2-1-15-38-22/h1-4,15-16,18,29H,5-14,17H2,(H3,28,30,31,32,33,34). The Morgan fingerprint density at radius 3 is 2.72 bits per heavy atom. The van der Waals surface area contributed by atoms with Gasteiger partial charge in [0.1, 0.15) is 11.6 Å². The molecule has 5 heterocycles. The first-order valence-electron chi connectivity index (χ1n) is 13.4. The lowest BCUT2D eigenvalue weighted by Crippen LogP contribution is -2.48. The predicted molar refractivity (Wildman–Crippen MR) is 145 cm³/mol. The van der Waals surface area contributed by atoms with Crippen molar-refractivity contribution in [1.29, 1.82) is 0 Å². The van der Waals surface area contributed by atoms with Crippen molar-refractivity contribution in [3.63, 3.8) is 0 Å². The number of ether oxygens (including phenoxy) is 1. The van der Waals surface area contributed by atoms with Crippen LogP contribution in [0.2, 0.25) is 0 Å². The van der Waals surface area contributed by atoms with Gasteiger partial charge in [0.05, 0.1) is 18.6 Å². The number of hydrogen-bond acceptors (Lipinski definition) is 11. The van der Waals surface area contributed by atoms with Gasteiger partial charge in [0.15, 0.2) is 5.76 Å². The Hall–Kier alpha value is -3.97. The van der Waals surface area contributed by atoms with E-state index in [-0.39, 0.29) is 11.8 Å². The lowest BCUT2D eigenvalue weighted by Gasteiger charge is -2.36. The fourth-order valence-corrected chi connectivity index (χ4v) is 5.03. The molecule has 0 aliphatic carbocycles. The number of furan rings is 1. The molecule has 3 aromatic heterocycles. The summed E-state index contributed by atoms with van der Waals surface area (Å²) < 4.78 is 27.5. The van der Waals surface area contributed by atoms with Crippen LogP contribution in [0.1, 0.15) is 12.8 Å². The van der Waals surface area contributed by atoms with Gasteiger partial charge >= 0.3 is 0 Å². The van der Waals surface area contributed by atoms with E-state index in [9.17, 15) is 4.39 Å². The summed E-state index contributed by atoms with van der Waals surface area (Å²) in [6.07, 6.45) is 3.76. The van der Waals surface area contributed by atoms with Gasteiger partial charge in [0, 0.05) is 45.3 Å². The summed E-state index contributed by atoms with van der Waals surface area (Å²) in [5.41, 5.74) is 6.69. The molecule has 0 saturated carbocycles. The number of fused-ring (bicyclic) bond motifs is 1. The molecule has 39 heavy (non-hydrogen) atoms. The molecule has 13 heteroatoms. The topological polar surface area (TPSA) is 135 Å². The highest BCUT2D eigenvalue weighted by Gasteiger charge is 2.21. The monoisotopic (exact) mass is 536 g/mol. The minimum Gasteiger partial charge on any atom is -0.493 e. The third kappa shape index (κ3) is 5.88. The molecule has 2 aliphatic rings. The number of anilines is 3. The Balaban J connectivity index is 0.974. The third-order valence-electron chi connectivity index (χ3n) is 7.26. The zero-order valence-electron chi connectivity index (χ0n) is 21.7. The molecule has 2 saturated heterocycles. The van der Waals surface area contributed by atoms with E-state index < -0.39 is 0 Å².